The molecule has 2 N–H and O–H groups in total. The van der Waals surface area contributed by atoms with Crippen LogP contribution in [-0.4, -0.2) is 67.3 Å². The van der Waals surface area contributed by atoms with E-state index in [2.05, 4.69) is 41.2 Å². The first-order valence-electron chi connectivity index (χ1n) is 12.5. The molecule has 8 heteroatoms. The molecule has 2 aliphatic rings. The van der Waals surface area contributed by atoms with Crippen LogP contribution in [0.2, 0.25) is 0 Å². The summed E-state index contributed by atoms with van der Waals surface area (Å²) < 4.78 is 11.8. The molecule has 1 aromatic carbocycles. The van der Waals surface area contributed by atoms with Crippen molar-refractivity contribution >= 4 is 34.1 Å². The largest absolute Gasteiger partial charge is 0.493 e. The second-order valence-electron chi connectivity index (χ2n) is 9.71. The Morgan fingerprint density at radius 1 is 1.20 bits per heavy atom. The van der Waals surface area contributed by atoms with Gasteiger partial charge < -0.3 is 29.6 Å². The Balaban J connectivity index is 1.35. The third-order valence-corrected chi connectivity index (χ3v) is 7.24. The van der Waals surface area contributed by atoms with Crippen molar-refractivity contribution in [3.63, 3.8) is 0 Å². The number of aromatic nitrogens is 2. The highest BCUT2D eigenvalue weighted by molar-refractivity contribution is 5.91. The van der Waals surface area contributed by atoms with Crippen LogP contribution in [0.3, 0.4) is 0 Å². The smallest absolute Gasteiger partial charge is 0.222 e. The summed E-state index contributed by atoms with van der Waals surface area (Å²) in [6.07, 6.45) is 4.57. The number of rotatable bonds is 7. The van der Waals surface area contributed by atoms with Gasteiger partial charge in [0.15, 0.2) is 0 Å². The van der Waals surface area contributed by atoms with E-state index in [0.717, 1.165) is 61.1 Å². The number of aryl methyl sites for hydroxylation is 2. The van der Waals surface area contributed by atoms with E-state index < -0.39 is 0 Å². The predicted molar refractivity (Wildman–Crippen MR) is 139 cm³/mol. The Morgan fingerprint density at radius 2 is 2.03 bits per heavy atom. The van der Waals surface area contributed by atoms with E-state index in [1.807, 2.05) is 30.3 Å². The van der Waals surface area contributed by atoms with Gasteiger partial charge in [0.2, 0.25) is 5.91 Å². The fourth-order valence-corrected chi connectivity index (χ4v) is 5.06. The Kier molecular flexibility index (Phi) is 6.81. The lowest BCUT2D eigenvalue weighted by Gasteiger charge is -2.29. The van der Waals surface area contributed by atoms with Gasteiger partial charge in [0.1, 0.15) is 17.4 Å². The number of morpholine rings is 1. The van der Waals surface area contributed by atoms with Gasteiger partial charge in [-0.05, 0) is 55.9 Å². The van der Waals surface area contributed by atoms with Gasteiger partial charge >= 0.3 is 0 Å². The maximum Gasteiger partial charge on any atom is 0.222 e. The molecule has 2 aromatic heterocycles. The predicted octanol–water partition coefficient (Wildman–Crippen LogP) is 4.40. The molecule has 3 aromatic rings. The molecular formula is C27H35N5O3. The molecule has 2 fully saturated rings. The average molecular weight is 478 g/mol. The standard InChI is InChI=1S/C27H35N5O3/c1-18-17-28-23-5-4-22(19(2)27(18)23)29-24-15-21(16-25(30-24)32-9-12-34-13-10-32)35-11-7-20-6-8-31(3)26(33)14-20/h4-5,15-17,20,28H,6-14H2,1-3H3,(H,29,30). The van der Waals surface area contributed by atoms with E-state index in [0.29, 0.717) is 32.2 Å². The molecule has 0 spiro atoms. The zero-order valence-corrected chi connectivity index (χ0v) is 20.9. The molecule has 0 aliphatic carbocycles. The average Bonchev–Trinajstić information content (AvgIpc) is 3.25. The molecular weight excluding hydrogens is 442 g/mol. The van der Waals surface area contributed by atoms with Gasteiger partial charge in [-0.3, -0.25) is 4.79 Å². The van der Waals surface area contributed by atoms with Gasteiger partial charge in [-0.15, -0.1) is 0 Å². The van der Waals surface area contributed by atoms with Crippen molar-refractivity contribution in [1.29, 1.82) is 0 Å². The zero-order valence-electron chi connectivity index (χ0n) is 20.9. The molecule has 2 aliphatic heterocycles. The minimum Gasteiger partial charge on any atom is -0.493 e. The summed E-state index contributed by atoms with van der Waals surface area (Å²) in [5.74, 6) is 3.06. The molecule has 0 radical (unpaired) electrons. The van der Waals surface area contributed by atoms with E-state index in [1.54, 1.807) is 0 Å². The van der Waals surface area contributed by atoms with E-state index in [9.17, 15) is 4.79 Å². The van der Waals surface area contributed by atoms with Gasteiger partial charge in [0.25, 0.3) is 0 Å². The summed E-state index contributed by atoms with van der Waals surface area (Å²) in [7, 11) is 1.88. The fourth-order valence-electron chi connectivity index (χ4n) is 5.06. The number of H-pyrrole nitrogens is 1. The number of piperidine rings is 1. The van der Waals surface area contributed by atoms with Crippen LogP contribution in [-0.2, 0) is 9.53 Å². The number of benzene rings is 1. The summed E-state index contributed by atoms with van der Waals surface area (Å²) in [5, 5.41) is 4.78. The van der Waals surface area contributed by atoms with E-state index in [4.69, 9.17) is 14.5 Å². The number of anilines is 3. The lowest BCUT2D eigenvalue weighted by Crippen LogP contribution is -2.36. The Labute approximate surface area is 206 Å². The molecule has 186 valence electrons. The van der Waals surface area contributed by atoms with Crippen LogP contribution >= 0.6 is 0 Å². The molecule has 35 heavy (non-hydrogen) atoms. The Morgan fingerprint density at radius 3 is 2.83 bits per heavy atom. The molecule has 1 atom stereocenters. The fraction of sp³-hybridized carbons (Fsp3) is 0.481. The van der Waals surface area contributed by atoms with Crippen molar-refractivity contribution in [2.24, 2.45) is 5.92 Å². The summed E-state index contributed by atoms with van der Waals surface area (Å²) in [6, 6.07) is 8.18. The highest BCUT2D eigenvalue weighted by Crippen LogP contribution is 2.32. The minimum absolute atomic E-state index is 0.233. The summed E-state index contributed by atoms with van der Waals surface area (Å²) >= 11 is 0. The minimum atomic E-state index is 0.233. The second kappa shape index (κ2) is 10.2. The third kappa shape index (κ3) is 5.22. The van der Waals surface area contributed by atoms with E-state index in [-0.39, 0.29) is 5.91 Å². The molecule has 2 saturated heterocycles. The van der Waals surface area contributed by atoms with E-state index in [1.165, 1.54) is 16.5 Å². The first-order chi connectivity index (χ1) is 17.0. The number of fused-ring (bicyclic) bond motifs is 1. The molecule has 1 amide bonds. The summed E-state index contributed by atoms with van der Waals surface area (Å²) in [5.41, 5.74) is 4.58. The monoisotopic (exact) mass is 477 g/mol. The van der Waals surface area contributed by atoms with Crippen molar-refractivity contribution in [2.45, 2.75) is 33.1 Å². The van der Waals surface area contributed by atoms with Gasteiger partial charge in [-0.25, -0.2) is 4.98 Å². The number of carbonyl (C=O) groups is 1. The number of nitrogens with one attached hydrogen (secondary N) is 2. The number of hydrogen-bond donors (Lipinski definition) is 2. The van der Waals surface area contributed by atoms with Crippen molar-refractivity contribution in [1.82, 2.24) is 14.9 Å². The number of pyridine rings is 1. The van der Waals surface area contributed by atoms with Gasteiger partial charge in [-0.1, -0.05) is 0 Å². The van der Waals surface area contributed by atoms with Gasteiger partial charge in [0.05, 0.1) is 19.8 Å². The second-order valence-corrected chi connectivity index (χ2v) is 9.71. The highest BCUT2D eigenvalue weighted by atomic mass is 16.5. The van der Waals surface area contributed by atoms with Crippen molar-refractivity contribution < 1.29 is 14.3 Å². The normalized spacial score (nSPS) is 18.8. The maximum absolute atomic E-state index is 12.0. The lowest BCUT2D eigenvalue weighted by molar-refractivity contribution is -0.133. The molecule has 8 nitrogen and oxygen atoms in total. The lowest BCUT2D eigenvalue weighted by atomic mass is 9.94. The summed E-state index contributed by atoms with van der Waals surface area (Å²) in [4.78, 5) is 24.4. The third-order valence-electron chi connectivity index (χ3n) is 7.24. The van der Waals surface area contributed by atoms with Crippen molar-refractivity contribution in [2.75, 3.05) is 56.7 Å². The van der Waals surface area contributed by atoms with Crippen LogP contribution in [0.4, 0.5) is 17.3 Å². The van der Waals surface area contributed by atoms with Crippen LogP contribution in [0.1, 0.15) is 30.4 Å². The van der Waals surface area contributed by atoms with E-state index >= 15 is 0 Å². The number of carbonyl (C=O) groups excluding carboxylic acids is 1. The molecule has 4 heterocycles. The van der Waals surface area contributed by atoms with Gasteiger partial charge in [-0.2, -0.15) is 0 Å². The zero-order chi connectivity index (χ0) is 24.4. The number of nitrogens with zero attached hydrogens (tertiary/aromatic N) is 3. The number of hydrogen-bond acceptors (Lipinski definition) is 6. The Bertz CT molecular complexity index is 1200. The highest BCUT2D eigenvalue weighted by Gasteiger charge is 2.23. The SMILES string of the molecule is Cc1c[nH]c2ccc(Nc3cc(OCCC4CCN(C)C(=O)C4)cc(N4CCOCC4)n3)c(C)c12. The van der Waals surface area contributed by atoms with Crippen LogP contribution in [0.25, 0.3) is 10.9 Å². The quantitative estimate of drug-likeness (QED) is 0.525. The summed E-state index contributed by atoms with van der Waals surface area (Å²) in [6.45, 7) is 8.68. The van der Waals surface area contributed by atoms with Crippen molar-refractivity contribution in [3.8, 4) is 5.75 Å². The van der Waals surface area contributed by atoms with Crippen LogP contribution in [0.15, 0.2) is 30.5 Å². The molecule has 5 rings (SSSR count). The number of likely N-dealkylation sites (tertiary alicyclic amines) is 1. The Hall–Kier alpha value is -3.26. The maximum atomic E-state index is 12.0. The first-order valence-corrected chi connectivity index (χ1v) is 12.5. The molecule has 1 unspecified atom stereocenters. The van der Waals surface area contributed by atoms with Crippen LogP contribution in [0.5, 0.6) is 5.75 Å². The molecule has 0 bridgehead atoms. The first kappa shape index (κ1) is 23.5. The number of aromatic amines is 1. The number of ether oxygens (including phenoxy) is 2. The van der Waals surface area contributed by atoms with Crippen LogP contribution in [0, 0.1) is 19.8 Å². The van der Waals surface area contributed by atoms with Crippen molar-refractivity contribution in [3.05, 3.63) is 41.6 Å². The van der Waals surface area contributed by atoms with Crippen LogP contribution < -0.4 is 15.0 Å². The number of amides is 1. The topological polar surface area (TPSA) is 82.7 Å². The molecule has 0 saturated carbocycles. The van der Waals surface area contributed by atoms with Gasteiger partial charge in [0, 0.05) is 68.0 Å².